The summed E-state index contributed by atoms with van der Waals surface area (Å²) >= 11 is 0. The number of ether oxygens (including phenoxy) is 1. The third kappa shape index (κ3) is 24.4. The van der Waals surface area contributed by atoms with Gasteiger partial charge in [0.1, 0.15) is 0 Å². The second kappa shape index (κ2) is 30.8. The van der Waals surface area contributed by atoms with Crippen molar-refractivity contribution in [1.82, 2.24) is 16.0 Å². The van der Waals surface area contributed by atoms with E-state index in [1.165, 1.54) is 76.3 Å². The molecule has 0 unspecified atom stereocenters. The maximum absolute atomic E-state index is 13.2. The summed E-state index contributed by atoms with van der Waals surface area (Å²) in [5, 5.41) is 8.81. The van der Waals surface area contributed by atoms with Crippen LogP contribution in [0, 0.1) is 0 Å². The molecule has 1 rings (SSSR count). The molecule has 0 bridgehead atoms. The minimum atomic E-state index is -5.76. The zero-order valence-electron chi connectivity index (χ0n) is 34.2. The van der Waals surface area contributed by atoms with E-state index in [1.807, 2.05) is 0 Å². The van der Waals surface area contributed by atoms with Gasteiger partial charge < -0.3 is 20.7 Å². The van der Waals surface area contributed by atoms with Crippen LogP contribution in [0.2, 0.25) is 0 Å². The summed E-state index contributed by atoms with van der Waals surface area (Å²) in [5.41, 5.74) is 0.795. The second-order valence-electron chi connectivity index (χ2n) is 15.0. The van der Waals surface area contributed by atoms with Crippen molar-refractivity contribution in [3.8, 4) is 0 Å². The van der Waals surface area contributed by atoms with Crippen molar-refractivity contribution in [1.29, 1.82) is 0 Å². The fourth-order valence-corrected chi connectivity index (χ4v) is 6.23. The second-order valence-corrected chi connectivity index (χ2v) is 15.0. The molecule has 0 aliphatic heterocycles. The van der Waals surface area contributed by atoms with Crippen molar-refractivity contribution in [2.45, 2.75) is 186 Å². The van der Waals surface area contributed by atoms with Crippen LogP contribution in [0.25, 0.3) is 0 Å². The predicted molar refractivity (Wildman–Crippen MR) is 212 cm³/mol. The van der Waals surface area contributed by atoms with Crippen LogP contribution < -0.4 is 16.0 Å². The Morgan fingerprint density at radius 1 is 0.464 bits per heavy atom. The number of halogens is 5. The molecule has 0 radical (unpaired) electrons. The topological polar surface area (TPSA) is 114 Å². The van der Waals surface area contributed by atoms with Crippen molar-refractivity contribution in [3.63, 3.8) is 0 Å². The van der Waals surface area contributed by atoms with Gasteiger partial charge in [-0.05, 0) is 43.9 Å². The number of hydrogen-bond acceptors (Lipinski definition) is 5. The van der Waals surface area contributed by atoms with E-state index in [2.05, 4.69) is 34.5 Å². The molecule has 3 amide bonds. The number of nitrogens with one attached hydrogen (secondary N) is 3. The molecule has 56 heavy (non-hydrogen) atoms. The summed E-state index contributed by atoms with van der Waals surface area (Å²) in [5.74, 6) is -7.13. The van der Waals surface area contributed by atoms with Crippen LogP contribution in [0.15, 0.2) is 18.2 Å². The van der Waals surface area contributed by atoms with Crippen LogP contribution in [0.4, 0.5) is 22.0 Å². The molecule has 322 valence electrons. The third-order valence-electron chi connectivity index (χ3n) is 9.77. The van der Waals surface area contributed by atoms with Gasteiger partial charge >= 0.3 is 18.1 Å². The Kier molecular flexibility index (Phi) is 28.0. The number of carbonyl (C=O) groups is 4. The minimum absolute atomic E-state index is 0.216. The van der Waals surface area contributed by atoms with Gasteiger partial charge in [-0.25, -0.2) is 0 Å². The molecular weight excluding hydrogens is 733 g/mol. The highest BCUT2D eigenvalue weighted by atomic mass is 19.4. The molecular formula is C43H70F5N3O5. The first-order chi connectivity index (χ1) is 26.8. The zero-order chi connectivity index (χ0) is 41.5. The molecule has 0 aliphatic carbocycles. The van der Waals surface area contributed by atoms with Crippen LogP contribution in [0.3, 0.4) is 0 Å². The Morgan fingerprint density at radius 3 is 1.05 bits per heavy atom. The van der Waals surface area contributed by atoms with E-state index in [0.29, 0.717) is 32.5 Å². The van der Waals surface area contributed by atoms with Crippen molar-refractivity contribution < 1.29 is 45.9 Å². The van der Waals surface area contributed by atoms with Gasteiger partial charge in [0.25, 0.3) is 17.7 Å². The van der Waals surface area contributed by atoms with Crippen LogP contribution in [0.5, 0.6) is 0 Å². The number of alkyl halides is 5. The molecule has 0 spiro atoms. The van der Waals surface area contributed by atoms with Crippen LogP contribution in [-0.2, 0) is 9.53 Å². The summed E-state index contributed by atoms with van der Waals surface area (Å²) in [4.78, 5) is 50.9. The van der Waals surface area contributed by atoms with Crippen molar-refractivity contribution in [2.24, 2.45) is 0 Å². The fourth-order valence-electron chi connectivity index (χ4n) is 6.23. The van der Waals surface area contributed by atoms with Crippen LogP contribution >= 0.6 is 0 Å². The maximum Gasteiger partial charge on any atom is 0.456 e. The fraction of sp³-hybridized carbons (Fsp3) is 0.767. The first-order valence-electron chi connectivity index (χ1n) is 21.4. The molecule has 0 fully saturated rings. The smallest absolute Gasteiger partial charge is 0.456 e. The summed E-state index contributed by atoms with van der Waals surface area (Å²) in [6, 6.07) is 4.62. The molecule has 13 heteroatoms. The van der Waals surface area contributed by atoms with Crippen LogP contribution in [0.1, 0.15) is 205 Å². The number of esters is 1. The largest absolute Gasteiger partial charge is 0.459 e. The molecule has 0 aliphatic rings. The Balaban J connectivity index is 2.51. The number of amides is 3. The van der Waals surface area contributed by atoms with Gasteiger partial charge in [-0.1, -0.05) is 142 Å². The average Bonchev–Trinajstić information content (AvgIpc) is 3.16. The lowest BCUT2D eigenvalue weighted by molar-refractivity contribution is -0.294. The van der Waals surface area contributed by atoms with E-state index in [1.54, 1.807) is 6.07 Å². The summed E-state index contributed by atoms with van der Waals surface area (Å²) in [6.07, 6.45) is 18.5. The van der Waals surface area contributed by atoms with Gasteiger partial charge in [0.2, 0.25) is 0 Å². The quantitative estimate of drug-likeness (QED) is 0.0365. The van der Waals surface area contributed by atoms with Gasteiger partial charge in [0.15, 0.2) is 6.61 Å². The van der Waals surface area contributed by atoms with Gasteiger partial charge in [-0.3, -0.25) is 19.2 Å². The number of rotatable bonds is 34. The first kappa shape index (κ1) is 50.8. The standard InChI is InChI=1S/C43H70F5N3O5/c1-3-5-7-9-11-16-20-24-28-49-39(53)35-31-36(40(54)50-29-25-21-17-12-10-8-6-4-2)33-37(32-35)41(55)51-30-26-22-18-14-13-15-19-23-27-38(52)56-34-42(44,45)43(46,47)48/h31-33H,3-30,34H2,1-2H3,(H,49,53)(H,50,54)(H,51,55). The predicted octanol–water partition coefficient (Wildman–Crippen LogP) is 11.4. The Morgan fingerprint density at radius 2 is 0.750 bits per heavy atom. The monoisotopic (exact) mass is 804 g/mol. The van der Waals surface area contributed by atoms with E-state index in [-0.39, 0.29) is 40.8 Å². The van der Waals surface area contributed by atoms with Crippen molar-refractivity contribution >= 4 is 23.7 Å². The minimum Gasteiger partial charge on any atom is -0.459 e. The molecule has 0 heterocycles. The number of benzene rings is 1. The van der Waals surface area contributed by atoms with Gasteiger partial charge in [0, 0.05) is 42.7 Å². The lowest BCUT2D eigenvalue weighted by Gasteiger charge is -2.19. The molecule has 8 nitrogen and oxygen atoms in total. The Bertz CT molecular complexity index is 1190. The first-order valence-corrected chi connectivity index (χ1v) is 21.4. The lowest BCUT2D eigenvalue weighted by Crippen LogP contribution is -2.41. The summed E-state index contributed by atoms with van der Waals surface area (Å²) < 4.78 is 66.3. The molecule has 0 aromatic heterocycles. The van der Waals surface area contributed by atoms with Crippen LogP contribution in [-0.4, -0.2) is 62.0 Å². The number of hydrogen-bond donors (Lipinski definition) is 3. The SMILES string of the molecule is CCCCCCCCCCNC(=O)c1cc(C(=O)NCCCCCCCCCC)cc(C(=O)NCCCCCCCCCCC(=O)OCC(F)(F)C(F)(F)F)c1. The third-order valence-corrected chi connectivity index (χ3v) is 9.77. The zero-order valence-corrected chi connectivity index (χ0v) is 34.2. The maximum atomic E-state index is 13.2. The van der Waals surface area contributed by atoms with Crippen molar-refractivity contribution in [3.05, 3.63) is 34.9 Å². The molecule has 1 aromatic rings. The van der Waals surface area contributed by atoms with E-state index in [4.69, 9.17) is 0 Å². The van der Waals surface area contributed by atoms with E-state index >= 15 is 0 Å². The molecule has 0 saturated carbocycles. The number of unbranched alkanes of at least 4 members (excludes halogenated alkanes) is 21. The molecule has 0 atom stereocenters. The number of carbonyl (C=O) groups excluding carboxylic acids is 4. The van der Waals surface area contributed by atoms with Gasteiger partial charge in [0.05, 0.1) is 0 Å². The highest BCUT2D eigenvalue weighted by Gasteiger charge is 2.58. The summed E-state index contributed by atoms with van der Waals surface area (Å²) in [7, 11) is 0. The molecule has 1 aromatic carbocycles. The van der Waals surface area contributed by atoms with E-state index in [9.17, 15) is 41.1 Å². The van der Waals surface area contributed by atoms with E-state index < -0.39 is 24.7 Å². The highest BCUT2D eigenvalue weighted by Crippen LogP contribution is 2.35. The van der Waals surface area contributed by atoms with Crippen molar-refractivity contribution in [2.75, 3.05) is 26.2 Å². The lowest BCUT2D eigenvalue weighted by atomic mass is 10.0. The molecule has 0 saturated heterocycles. The highest BCUT2D eigenvalue weighted by molar-refractivity contribution is 6.04. The van der Waals surface area contributed by atoms with Gasteiger partial charge in [-0.15, -0.1) is 0 Å². The van der Waals surface area contributed by atoms with Gasteiger partial charge in [-0.2, -0.15) is 22.0 Å². The normalized spacial score (nSPS) is 11.7. The molecule has 3 N–H and O–H groups in total. The Hall–Kier alpha value is -3.25. The summed E-state index contributed by atoms with van der Waals surface area (Å²) in [6.45, 7) is 3.86. The van der Waals surface area contributed by atoms with E-state index in [0.717, 1.165) is 77.0 Å². The average molecular weight is 804 g/mol. The Labute approximate surface area is 332 Å².